The van der Waals surface area contributed by atoms with Crippen molar-refractivity contribution in [3.05, 3.63) is 65.9 Å². The predicted octanol–water partition coefficient (Wildman–Crippen LogP) is 4.07. The van der Waals surface area contributed by atoms with Crippen molar-refractivity contribution in [1.82, 2.24) is 9.97 Å². The number of hydrogen-bond donors (Lipinski definition) is 2. The highest BCUT2D eigenvalue weighted by molar-refractivity contribution is 5.90. The predicted molar refractivity (Wildman–Crippen MR) is 104 cm³/mol. The van der Waals surface area contributed by atoms with Crippen LogP contribution < -0.4 is 15.4 Å². The molecule has 27 heavy (non-hydrogen) atoms. The average molecular weight is 364 g/mol. The molecule has 1 heterocycles. The zero-order valence-electron chi connectivity index (χ0n) is 15.3. The molecule has 0 aliphatic heterocycles. The van der Waals surface area contributed by atoms with E-state index in [1.165, 1.54) is 7.11 Å². The van der Waals surface area contributed by atoms with E-state index in [1.807, 2.05) is 31.2 Å². The van der Waals surface area contributed by atoms with Crippen molar-refractivity contribution in [3.63, 3.8) is 0 Å². The Labute approximate surface area is 157 Å². The van der Waals surface area contributed by atoms with E-state index in [2.05, 4.69) is 20.6 Å². The van der Waals surface area contributed by atoms with Crippen LogP contribution in [0, 0.1) is 6.92 Å². The van der Waals surface area contributed by atoms with Crippen LogP contribution in [0.5, 0.6) is 5.75 Å². The van der Waals surface area contributed by atoms with E-state index in [-0.39, 0.29) is 0 Å². The van der Waals surface area contributed by atoms with Crippen LogP contribution in [0.2, 0.25) is 0 Å². The molecule has 0 amide bonds. The van der Waals surface area contributed by atoms with Gasteiger partial charge in [-0.15, -0.1) is 0 Å². The Morgan fingerprint density at radius 3 is 2.67 bits per heavy atom. The normalized spacial score (nSPS) is 10.2. The van der Waals surface area contributed by atoms with E-state index in [1.54, 1.807) is 37.6 Å². The summed E-state index contributed by atoms with van der Waals surface area (Å²) in [5.41, 5.74) is 3.05. The molecule has 3 aromatic rings. The second kappa shape index (κ2) is 8.18. The molecular formula is C20H20N4O3. The lowest BCUT2D eigenvalue weighted by Gasteiger charge is -2.12. The Morgan fingerprint density at radius 1 is 1.04 bits per heavy atom. The number of hydrogen-bond acceptors (Lipinski definition) is 7. The van der Waals surface area contributed by atoms with E-state index in [9.17, 15) is 4.79 Å². The Balaban J connectivity index is 1.80. The molecule has 3 rings (SSSR count). The number of aromatic nitrogens is 2. The Hall–Kier alpha value is -3.61. The third-order valence-corrected chi connectivity index (χ3v) is 3.81. The van der Waals surface area contributed by atoms with Gasteiger partial charge in [-0.2, -0.15) is 4.98 Å². The average Bonchev–Trinajstić information content (AvgIpc) is 2.68. The number of ether oxygens (including phenoxy) is 2. The van der Waals surface area contributed by atoms with Gasteiger partial charge in [-0.25, -0.2) is 9.78 Å². The van der Waals surface area contributed by atoms with Crippen molar-refractivity contribution in [3.8, 4) is 5.75 Å². The maximum absolute atomic E-state index is 11.7. The van der Waals surface area contributed by atoms with Crippen LogP contribution in [0.4, 0.5) is 23.1 Å². The van der Waals surface area contributed by atoms with Crippen LogP contribution in [0.1, 0.15) is 15.9 Å². The van der Waals surface area contributed by atoms with Gasteiger partial charge in [0.05, 0.1) is 25.5 Å². The standard InChI is InChI=1S/C20H20N4O3/c1-13-7-8-17(26-2)16(11-13)23-20-21-10-9-18(24-20)22-15-6-4-5-14(12-15)19(25)27-3/h4-12H,1-3H3,(H2,21,22,23,24). The van der Waals surface area contributed by atoms with Gasteiger partial charge < -0.3 is 20.1 Å². The molecule has 7 nitrogen and oxygen atoms in total. The number of anilines is 4. The molecule has 0 saturated carbocycles. The van der Waals surface area contributed by atoms with Gasteiger partial charge >= 0.3 is 5.97 Å². The maximum atomic E-state index is 11.7. The highest BCUT2D eigenvalue weighted by atomic mass is 16.5. The summed E-state index contributed by atoms with van der Waals surface area (Å²) in [6.07, 6.45) is 1.64. The van der Waals surface area contributed by atoms with Crippen LogP contribution >= 0.6 is 0 Å². The quantitative estimate of drug-likeness (QED) is 0.638. The lowest BCUT2D eigenvalue weighted by atomic mass is 10.2. The fraction of sp³-hybridized carbons (Fsp3) is 0.150. The van der Waals surface area contributed by atoms with Crippen LogP contribution in [-0.2, 0) is 4.74 Å². The van der Waals surface area contributed by atoms with Gasteiger partial charge in [-0.3, -0.25) is 0 Å². The minimum Gasteiger partial charge on any atom is -0.495 e. The van der Waals surface area contributed by atoms with Gasteiger partial charge in [0.15, 0.2) is 0 Å². The number of carbonyl (C=O) groups is 1. The molecule has 0 spiro atoms. The first-order chi connectivity index (χ1) is 13.1. The number of rotatable bonds is 6. The summed E-state index contributed by atoms with van der Waals surface area (Å²) in [7, 11) is 2.97. The lowest BCUT2D eigenvalue weighted by Crippen LogP contribution is -2.03. The first kappa shape index (κ1) is 18.2. The van der Waals surface area contributed by atoms with Crippen molar-refractivity contribution in [2.75, 3.05) is 24.9 Å². The topological polar surface area (TPSA) is 85.4 Å². The summed E-state index contributed by atoms with van der Waals surface area (Å²) >= 11 is 0. The number of esters is 1. The van der Waals surface area contributed by atoms with Gasteiger partial charge in [0, 0.05) is 11.9 Å². The molecule has 0 fully saturated rings. The Morgan fingerprint density at radius 2 is 1.89 bits per heavy atom. The number of carbonyl (C=O) groups excluding carboxylic acids is 1. The van der Waals surface area contributed by atoms with Crippen molar-refractivity contribution < 1.29 is 14.3 Å². The molecule has 0 aliphatic carbocycles. The fourth-order valence-corrected chi connectivity index (χ4v) is 2.52. The van der Waals surface area contributed by atoms with E-state index in [0.29, 0.717) is 23.1 Å². The first-order valence-corrected chi connectivity index (χ1v) is 8.29. The number of benzene rings is 2. The summed E-state index contributed by atoms with van der Waals surface area (Å²) in [5, 5.41) is 6.33. The van der Waals surface area contributed by atoms with Gasteiger partial charge in [0.25, 0.3) is 0 Å². The smallest absolute Gasteiger partial charge is 0.337 e. The van der Waals surface area contributed by atoms with Crippen molar-refractivity contribution >= 4 is 29.1 Å². The first-order valence-electron chi connectivity index (χ1n) is 8.29. The zero-order chi connectivity index (χ0) is 19.2. The lowest BCUT2D eigenvalue weighted by molar-refractivity contribution is 0.0601. The van der Waals surface area contributed by atoms with Crippen LogP contribution in [-0.4, -0.2) is 30.2 Å². The van der Waals surface area contributed by atoms with Gasteiger partial charge in [0.2, 0.25) is 5.95 Å². The summed E-state index contributed by atoms with van der Waals surface area (Å²) in [6, 6.07) is 14.6. The minimum atomic E-state index is -0.393. The summed E-state index contributed by atoms with van der Waals surface area (Å²) < 4.78 is 10.1. The maximum Gasteiger partial charge on any atom is 0.337 e. The molecular weight excluding hydrogens is 344 g/mol. The van der Waals surface area contributed by atoms with Crippen molar-refractivity contribution in [1.29, 1.82) is 0 Å². The zero-order valence-corrected chi connectivity index (χ0v) is 15.3. The van der Waals surface area contributed by atoms with Crippen molar-refractivity contribution in [2.45, 2.75) is 6.92 Å². The highest BCUT2D eigenvalue weighted by Crippen LogP contribution is 2.27. The molecule has 1 aromatic heterocycles. The van der Waals surface area contributed by atoms with E-state index < -0.39 is 5.97 Å². The second-order valence-corrected chi connectivity index (χ2v) is 5.79. The molecule has 138 valence electrons. The number of methoxy groups -OCH3 is 2. The summed E-state index contributed by atoms with van der Waals surface area (Å²) in [6.45, 7) is 2.00. The summed E-state index contributed by atoms with van der Waals surface area (Å²) in [4.78, 5) is 20.4. The Kier molecular flexibility index (Phi) is 5.51. The molecule has 0 radical (unpaired) electrons. The minimum absolute atomic E-state index is 0.393. The number of nitrogens with one attached hydrogen (secondary N) is 2. The molecule has 2 aromatic carbocycles. The summed E-state index contributed by atoms with van der Waals surface area (Å²) in [5.74, 6) is 1.32. The van der Waals surface area contributed by atoms with Gasteiger partial charge in [0.1, 0.15) is 11.6 Å². The molecule has 0 atom stereocenters. The van der Waals surface area contributed by atoms with E-state index >= 15 is 0 Å². The molecule has 0 aliphatic rings. The molecule has 0 saturated heterocycles. The third kappa shape index (κ3) is 4.52. The van der Waals surface area contributed by atoms with Crippen LogP contribution in [0.25, 0.3) is 0 Å². The number of nitrogens with zero attached hydrogens (tertiary/aromatic N) is 2. The number of aryl methyl sites for hydroxylation is 1. The second-order valence-electron chi connectivity index (χ2n) is 5.79. The van der Waals surface area contributed by atoms with Gasteiger partial charge in [-0.05, 0) is 48.9 Å². The van der Waals surface area contributed by atoms with Gasteiger partial charge in [-0.1, -0.05) is 12.1 Å². The van der Waals surface area contributed by atoms with E-state index in [0.717, 1.165) is 16.9 Å². The third-order valence-electron chi connectivity index (χ3n) is 3.81. The van der Waals surface area contributed by atoms with Crippen LogP contribution in [0.15, 0.2) is 54.7 Å². The monoisotopic (exact) mass is 364 g/mol. The molecule has 7 heteroatoms. The van der Waals surface area contributed by atoms with Crippen molar-refractivity contribution in [2.24, 2.45) is 0 Å². The molecule has 0 bridgehead atoms. The Bertz CT molecular complexity index is 959. The molecule has 2 N–H and O–H groups in total. The largest absolute Gasteiger partial charge is 0.495 e. The van der Waals surface area contributed by atoms with E-state index in [4.69, 9.17) is 9.47 Å². The van der Waals surface area contributed by atoms with Crippen LogP contribution in [0.3, 0.4) is 0 Å². The SMILES string of the molecule is COC(=O)c1cccc(Nc2ccnc(Nc3cc(C)ccc3OC)n2)c1. The molecule has 0 unspecified atom stereocenters. The highest BCUT2D eigenvalue weighted by Gasteiger charge is 2.08. The fourth-order valence-electron chi connectivity index (χ4n) is 2.52.